The van der Waals surface area contributed by atoms with Gasteiger partial charge in [0.2, 0.25) is 11.9 Å². The highest BCUT2D eigenvalue weighted by Crippen LogP contribution is 2.31. The molecular weight excluding hydrogens is 302 g/mol. The molecule has 0 atom stereocenters. The number of carbonyl (C=O) groups excluding carboxylic acids is 1. The van der Waals surface area contributed by atoms with E-state index in [-0.39, 0.29) is 31.8 Å². The second-order valence-corrected chi connectivity index (χ2v) is 5.71. The molecule has 1 aliphatic heterocycles. The fourth-order valence-corrected chi connectivity index (χ4v) is 2.77. The van der Waals surface area contributed by atoms with E-state index in [0.29, 0.717) is 17.2 Å². The Hall–Kier alpha value is -2.44. The first-order valence-electron chi connectivity index (χ1n) is 7.42. The summed E-state index contributed by atoms with van der Waals surface area (Å²) >= 11 is 0. The van der Waals surface area contributed by atoms with Crippen molar-refractivity contribution in [1.29, 1.82) is 0 Å². The molecule has 0 spiro atoms. The summed E-state index contributed by atoms with van der Waals surface area (Å²) in [7, 11) is 1.86. The number of alkyl halides is 2. The predicted molar refractivity (Wildman–Crippen MR) is 85.9 cm³/mol. The van der Waals surface area contributed by atoms with Crippen LogP contribution < -0.4 is 10.2 Å². The maximum absolute atomic E-state index is 13.3. The van der Waals surface area contributed by atoms with Crippen LogP contribution >= 0.6 is 0 Å². The molecule has 1 saturated heterocycles. The predicted octanol–water partition coefficient (Wildman–Crippen LogP) is 2.93. The van der Waals surface area contributed by atoms with Crippen LogP contribution in [0.5, 0.6) is 0 Å². The lowest BCUT2D eigenvalue weighted by Crippen LogP contribution is -2.40. The number of aryl methyl sites for hydroxylation is 1. The smallest absolute Gasteiger partial charge is 0.251 e. The molecule has 0 radical (unpaired) electrons. The van der Waals surface area contributed by atoms with Crippen molar-refractivity contribution in [2.24, 2.45) is 7.05 Å². The number of piperidine rings is 1. The van der Waals surface area contributed by atoms with Gasteiger partial charge in [0, 0.05) is 38.7 Å². The molecule has 2 aromatic rings. The fraction of sp³-hybridized carbons (Fsp3) is 0.375. The van der Waals surface area contributed by atoms with E-state index >= 15 is 0 Å². The monoisotopic (exact) mass is 320 g/mol. The van der Waals surface area contributed by atoms with E-state index in [9.17, 15) is 13.6 Å². The van der Waals surface area contributed by atoms with Gasteiger partial charge in [0.05, 0.1) is 11.0 Å². The topological polar surface area (TPSA) is 50.2 Å². The Bertz CT molecular complexity index is 759. The molecule has 1 N–H and O–H groups in total. The zero-order chi connectivity index (χ0) is 16.6. The maximum Gasteiger partial charge on any atom is 0.251 e. The lowest BCUT2D eigenvalue weighted by atomic mass is 10.1. The van der Waals surface area contributed by atoms with Gasteiger partial charge in [0.25, 0.3) is 5.92 Å². The van der Waals surface area contributed by atoms with Gasteiger partial charge in [-0.15, -0.1) is 0 Å². The van der Waals surface area contributed by atoms with Crippen LogP contribution in [0.15, 0.2) is 30.9 Å². The van der Waals surface area contributed by atoms with Crippen LogP contribution in [-0.4, -0.2) is 34.5 Å². The van der Waals surface area contributed by atoms with Crippen LogP contribution in [0, 0.1) is 0 Å². The molecule has 5 nitrogen and oxygen atoms in total. The van der Waals surface area contributed by atoms with E-state index in [1.165, 1.54) is 6.08 Å². The molecule has 0 aliphatic carbocycles. The molecule has 0 saturated carbocycles. The Kier molecular flexibility index (Phi) is 3.79. The van der Waals surface area contributed by atoms with Gasteiger partial charge in [-0.1, -0.05) is 6.58 Å². The van der Waals surface area contributed by atoms with E-state index in [1.54, 1.807) is 12.1 Å². The average molecular weight is 320 g/mol. The van der Waals surface area contributed by atoms with E-state index < -0.39 is 5.92 Å². The van der Waals surface area contributed by atoms with Crippen molar-refractivity contribution < 1.29 is 13.6 Å². The van der Waals surface area contributed by atoms with Crippen molar-refractivity contribution in [3.8, 4) is 0 Å². The Morgan fingerprint density at radius 2 is 2.09 bits per heavy atom. The first-order chi connectivity index (χ1) is 10.9. The Labute approximate surface area is 132 Å². The summed E-state index contributed by atoms with van der Waals surface area (Å²) < 4.78 is 28.5. The van der Waals surface area contributed by atoms with Crippen LogP contribution in [-0.2, 0) is 11.8 Å². The van der Waals surface area contributed by atoms with Gasteiger partial charge < -0.3 is 14.8 Å². The molecule has 1 aromatic carbocycles. The number of aromatic nitrogens is 2. The normalized spacial score (nSPS) is 17.3. The van der Waals surface area contributed by atoms with Crippen molar-refractivity contribution >= 4 is 28.6 Å². The molecule has 23 heavy (non-hydrogen) atoms. The van der Waals surface area contributed by atoms with Crippen LogP contribution in [0.4, 0.5) is 20.4 Å². The minimum atomic E-state index is -2.58. The van der Waals surface area contributed by atoms with E-state index in [4.69, 9.17) is 0 Å². The third-order valence-corrected chi connectivity index (χ3v) is 4.09. The van der Waals surface area contributed by atoms with E-state index in [1.807, 2.05) is 22.6 Å². The molecule has 2 heterocycles. The molecular formula is C16H18F2N4O. The zero-order valence-electron chi connectivity index (χ0n) is 12.9. The van der Waals surface area contributed by atoms with Crippen LogP contribution in [0.25, 0.3) is 11.0 Å². The second kappa shape index (κ2) is 5.64. The highest BCUT2D eigenvalue weighted by Gasteiger charge is 2.35. The molecule has 122 valence electrons. The van der Waals surface area contributed by atoms with Gasteiger partial charge in [0.1, 0.15) is 0 Å². The quantitative estimate of drug-likeness (QED) is 0.885. The molecule has 1 amide bonds. The first kappa shape index (κ1) is 15.5. The van der Waals surface area contributed by atoms with Gasteiger partial charge in [0.15, 0.2) is 0 Å². The molecule has 0 bridgehead atoms. The van der Waals surface area contributed by atoms with Crippen LogP contribution in [0.3, 0.4) is 0 Å². The van der Waals surface area contributed by atoms with Gasteiger partial charge in [-0.25, -0.2) is 13.8 Å². The number of carbonyl (C=O) groups is 1. The summed E-state index contributed by atoms with van der Waals surface area (Å²) in [6.45, 7) is 3.97. The number of fused-ring (bicyclic) bond motifs is 1. The fourth-order valence-electron chi connectivity index (χ4n) is 2.77. The molecule has 1 aromatic heterocycles. The lowest BCUT2D eigenvalue weighted by Gasteiger charge is -2.32. The van der Waals surface area contributed by atoms with Crippen molar-refractivity contribution in [3.63, 3.8) is 0 Å². The number of amides is 1. The number of hydrogen-bond donors (Lipinski definition) is 1. The summed E-state index contributed by atoms with van der Waals surface area (Å²) in [5.74, 6) is -2.20. The van der Waals surface area contributed by atoms with E-state index in [0.717, 1.165) is 5.52 Å². The standard InChI is InChI=1S/C16H18F2N4O/c1-3-14(23)19-11-4-5-13-12(10-11)20-15(21(13)2)22-8-6-16(17,18)7-9-22/h3-5,10H,1,6-9H2,2H3,(H,19,23). The van der Waals surface area contributed by atoms with Gasteiger partial charge in [-0.2, -0.15) is 0 Å². The van der Waals surface area contributed by atoms with Crippen molar-refractivity contribution in [3.05, 3.63) is 30.9 Å². The molecule has 3 rings (SSSR count). The number of halogens is 2. The van der Waals surface area contributed by atoms with Crippen molar-refractivity contribution in [2.75, 3.05) is 23.3 Å². The minimum Gasteiger partial charge on any atom is -0.342 e. The SMILES string of the molecule is C=CC(=O)Nc1ccc2c(c1)nc(N1CCC(F)(F)CC1)n2C. The number of nitrogens with zero attached hydrogens (tertiary/aromatic N) is 3. The van der Waals surface area contributed by atoms with Crippen molar-refractivity contribution in [1.82, 2.24) is 9.55 Å². The molecule has 0 unspecified atom stereocenters. The first-order valence-corrected chi connectivity index (χ1v) is 7.42. The maximum atomic E-state index is 13.3. The summed E-state index contributed by atoms with van der Waals surface area (Å²) in [4.78, 5) is 17.8. The molecule has 1 fully saturated rings. The number of rotatable bonds is 3. The Morgan fingerprint density at radius 1 is 1.39 bits per heavy atom. The third-order valence-electron chi connectivity index (χ3n) is 4.09. The van der Waals surface area contributed by atoms with Crippen molar-refractivity contribution in [2.45, 2.75) is 18.8 Å². The van der Waals surface area contributed by atoms with Crippen LogP contribution in [0.1, 0.15) is 12.8 Å². The highest BCUT2D eigenvalue weighted by atomic mass is 19.3. The Morgan fingerprint density at radius 3 is 2.74 bits per heavy atom. The highest BCUT2D eigenvalue weighted by molar-refractivity contribution is 6.00. The van der Waals surface area contributed by atoms with E-state index in [2.05, 4.69) is 16.9 Å². The number of benzene rings is 1. The zero-order valence-corrected chi connectivity index (χ0v) is 12.9. The number of nitrogens with one attached hydrogen (secondary N) is 1. The van der Waals surface area contributed by atoms with Gasteiger partial charge >= 0.3 is 0 Å². The summed E-state index contributed by atoms with van der Waals surface area (Å²) in [6.07, 6.45) is 0.885. The minimum absolute atomic E-state index is 0.156. The number of imidazole rings is 1. The summed E-state index contributed by atoms with van der Waals surface area (Å²) in [6, 6.07) is 5.39. The van der Waals surface area contributed by atoms with Gasteiger partial charge in [-0.05, 0) is 24.3 Å². The molecule has 1 aliphatic rings. The average Bonchev–Trinajstić information content (AvgIpc) is 2.84. The third kappa shape index (κ3) is 3.04. The number of hydrogen-bond acceptors (Lipinski definition) is 3. The Balaban J connectivity index is 1.89. The van der Waals surface area contributed by atoms with Crippen LogP contribution in [0.2, 0.25) is 0 Å². The summed E-state index contributed by atoms with van der Waals surface area (Å²) in [5, 5.41) is 2.68. The molecule has 7 heteroatoms. The summed E-state index contributed by atoms with van der Waals surface area (Å²) in [5.41, 5.74) is 2.22. The second-order valence-electron chi connectivity index (χ2n) is 5.71. The largest absolute Gasteiger partial charge is 0.342 e. The lowest BCUT2D eigenvalue weighted by molar-refractivity contribution is -0.111. The number of anilines is 2. The van der Waals surface area contributed by atoms with Gasteiger partial charge in [-0.3, -0.25) is 4.79 Å².